The predicted molar refractivity (Wildman–Crippen MR) is 103 cm³/mol. The summed E-state index contributed by atoms with van der Waals surface area (Å²) < 4.78 is 10.6. The van der Waals surface area contributed by atoms with Gasteiger partial charge in [-0.2, -0.15) is 0 Å². The molecule has 0 bridgehead atoms. The summed E-state index contributed by atoms with van der Waals surface area (Å²) >= 11 is 0. The van der Waals surface area contributed by atoms with E-state index in [-0.39, 0.29) is 23.7 Å². The topological polar surface area (TPSA) is 67.9 Å². The third-order valence-corrected chi connectivity index (χ3v) is 5.72. The zero-order chi connectivity index (χ0) is 19.4. The maximum absolute atomic E-state index is 12.3. The Balaban J connectivity index is 1.46. The molecule has 1 heterocycles. The van der Waals surface area contributed by atoms with Crippen LogP contribution in [0.25, 0.3) is 0 Å². The van der Waals surface area contributed by atoms with Crippen molar-refractivity contribution in [1.82, 2.24) is 10.2 Å². The summed E-state index contributed by atoms with van der Waals surface area (Å²) in [7, 11) is 3.24. The van der Waals surface area contributed by atoms with Crippen molar-refractivity contribution in [3.8, 4) is 11.5 Å². The van der Waals surface area contributed by atoms with Crippen LogP contribution in [0.3, 0.4) is 0 Å². The molecule has 1 saturated heterocycles. The molecule has 2 fully saturated rings. The van der Waals surface area contributed by atoms with Crippen LogP contribution in [0.15, 0.2) is 18.2 Å². The fraction of sp³-hybridized carbons (Fsp3) is 0.619. The number of nitrogens with one attached hydrogen (secondary N) is 1. The largest absolute Gasteiger partial charge is 0.493 e. The van der Waals surface area contributed by atoms with Crippen LogP contribution in [-0.2, 0) is 16.0 Å². The van der Waals surface area contributed by atoms with Gasteiger partial charge in [0, 0.05) is 37.9 Å². The smallest absolute Gasteiger partial charge is 0.223 e. The summed E-state index contributed by atoms with van der Waals surface area (Å²) in [5.41, 5.74) is 1.11. The van der Waals surface area contributed by atoms with E-state index >= 15 is 0 Å². The first kappa shape index (κ1) is 19.5. The van der Waals surface area contributed by atoms with E-state index in [1.807, 2.05) is 30.0 Å². The Hall–Kier alpha value is -2.24. The second-order valence-corrected chi connectivity index (χ2v) is 7.72. The van der Waals surface area contributed by atoms with Gasteiger partial charge in [0.25, 0.3) is 0 Å². The quantitative estimate of drug-likeness (QED) is 0.720. The highest BCUT2D eigenvalue weighted by molar-refractivity contribution is 5.80. The van der Waals surface area contributed by atoms with Gasteiger partial charge < -0.3 is 19.7 Å². The monoisotopic (exact) mass is 374 g/mol. The summed E-state index contributed by atoms with van der Waals surface area (Å²) in [5.74, 6) is 2.58. The highest BCUT2D eigenvalue weighted by atomic mass is 16.5. The first-order chi connectivity index (χ1) is 13.0. The Kier molecular flexibility index (Phi) is 6.24. The first-order valence-electron chi connectivity index (χ1n) is 9.78. The van der Waals surface area contributed by atoms with Gasteiger partial charge in [-0.1, -0.05) is 13.0 Å². The number of nitrogens with zero attached hydrogens (tertiary/aromatic N) is 1. The summed E-state index contributed by atoms with van der Waals surface area (Å²) in [6.07, 6.45) is 3.62. The Labute approximate surface area is 161 Å². The van der Waals surface area contributed by atoms with Gasteiger partial charge >= 0.3 is 0 Å². The number of rotatable bonds is 9. The van der Waals surface area contributed by atoms with E-state index in [2.05, 4.69) is 5.32 Å². The van der Waals surface area contributed by atoms with E-state index in [1.165, 1.54) is 12.8 Å². The second-order valence-electron chi connectivity index (χ2n) is 7.72. The molecule has 1 aliphatic heterocycles. The lowest BCUT2D eigenvalue weighted by atomic mass is 10.0. The number of carbonyl (C=O) groups excluding carboxylic acids is 2. The van der Waals surface area contributed by atoms with Crippen LogP contribution in [0, 0.1) is 17.8 Å². The predicted octanol–water partition coefficient (Wildman–Crippen LogP) is 2.26. The Bertz CT molecular complexity index is 687. The Morgan fingerprint density at radius 1 is 1.26 bits per heavy atom. The van der Waals surface area contributed by atoms with Crippen molar-refractivity contribution in [1.29, 1.82) is 0 Å². The normalized spacial score (nSPS) is 20.5. The van der Waals surface area contributed by atoms with E-state index in [0.29, 0.717) is 43.5 Å². The van der Waals surface area contributed by atoms with Crippen molar-refractivity contribution in [2.45, 2.75) is 32.6 Å². The van der Waals surface area contributed by atoms with Crippen LogP contribution < -0.4 is 14.8 Å². The zero-order valence-electron chi connectivity index (χ0n) is 16.5. The number of hydrogen-bond acceptors (Lipinski definition) is 4. The maximum Gasteiger partial charge on any atom is 0.223 e. The van der Waals surface area contributed by atoms with E-state index < -0.39 is 0 Å². The molecule has 148 valence electrons. The van der Waals surface area contributed by atoms with Gasteiger partial charge in [-0.05, 0) is 42.9 Å². The minimum Gasteiger partial charge on any atom is -0.493 e. The summed E-state index contributed by atoms with van der Waals surface area (Å²) in [6.45, 7) is 3.98. The van der Waals surface area contributed by atoms with Gasteiger partial charge in [-0.15, -0.1) is 0 Å². The lowest BCUT2D eigenvalue weighted by molar-refractivity contribution is -0.128. The summed E-state index contributed by atoms with van der Waals surface area (Å²) in [5, 5.41) is 3.04. The molecule has 2 atom stereocenters. The minimum atomic E-state index is 0.100. The average molecular weight is 374 g/mol. The van der Waals surface area contributed by atoms with Crippen LogP contribution >= 0.6 is 0 Å². The van der Waals surface area contributed by atoms with Crippen molar-refractivity contribution < 1.29 is 19.1 Å². The van der Waals surface area contributed by atoms with Gasteiger partial charge in [0.1, 0.15) is 0 Å². The van der Waals surface area contributed by atoms with Crippen LogP contribution in [0.4, 0.5) is 0 Å². The van der Waals surface area contributed by atoms with Crippen LogP contribution in [0.5, 0.6) is 11.5 Å². The maximum atomic E-state index is 12.3. The molecule has 6 heteroatoms. The van der Waals surface area contributed by atoms with Crippen LogP contribution in [0.1, 0.15) is 31.7 Å². The number of ether oxygens (including phenoxy) is 2. The van der Waals surface area contributed by atoms with E-state index in [1.54, 1.807) is 14.2 Å². The third-order valence-electron chi connectivity index (χ3n) is 5.72. The van der Waals surface area contributed by atoms with Crippen molar-refractivity contribution in [3.63, 3.8) is 0 Å². The molecule has 0 aromatic heterocycles. The van der Waals surface area contributed by atoms with Gasteiger partial charge in [-0.3, -0.25) is 9.59 Å². The number of hydrogen-bond donors (Lipinski definition) is 1. The summed E-state index contributed by atoms with van der Waals surface area (Å²) in [4.78, 5) is 26.3. The van der Waals surface area contributed by atoms with E-state index in [0.717, 1.165) is 12.0 Å². The number of methoxy groups -OCH3 is 2. The van der Waals surface area contributed by atoms with E-state index in [4.69, 9.17) is 9.47 Å². The summed E-state index contributed by atoms with van der Waals surface area (Å²) in [6, 6.07) is 5.84. The third kappa shape index (κ3) is 4.93. The van der Waals surface area contributed by atoms with Gasteiger partial charge in [0.2, 0.25) is 11.8 Å². The van der Waals surface area contributed by atoms with Crippen LogP contribution in [-0.4, -0.2) is 50.6 Å². The Morgan fingerprint density at radius 3 is 2.67 bits per heavy atom. The molecule has 2 aliphatic rings. The lowest BCUT2D eigenvalue weighted by Gasteiger charge is -2.18. The van der Waals surface area contributed by atoms with Gasteiger partial charge in [0.05, 0.1) is 14.2 Å². The molecule has 2 unspecified atom stereocenters. The molecule has 1 aliphatic carbocycles. The average Bonchev–Trinajstić information content (AvgIpc) is 3.47. The number of likely N-dealkylation sites (tertiary alicyclic amines) is 1. The Morgan fingerprint density at radius 2 is 2.00 bits per heavy atom. The second kappa shape index (κ2) is 8.63. The molecule has 0 radical (unpaired) electrons. The SMILES string of the molecule is COc1ccc(CCN2CC(CNC(=O)C(C)C3CC3)CC2=O)cc1OC. The minimum absolute atomic E-state index is 0.100. The molecule has 3 rings (SSSR count). The highest BCUT2D eigenvalue weighted by Gasteiger charge is 2.34. The van der Waals surface area contributed by atoms with Gasteiger partial charge in [-0.25, -0.2) is 0 Å². The van der Waals surface area contributed by atoms with E-state index in [9.17, 15) is 9.59 Å². The first-order valence-corrected chi connectivity index (χ1v) is 9.78. The standard InChI is InChI=1S/C21H30N2O4/c1-14(17-5-6-17)21(25)22-12-16-11-20(24)23(13-16)9-8-15-4-7-18(26-2)19(10-15)27-3/h4,7,10,14,16-17H,5-6,8-9,11-13H2,1-3H3,(H,22,25). The van der Waals surface area contributed by atoms with Crippen molar-refractivity contribution in [2.75, 3.05) is 33.9 Å². The molecule has 27 heavy (non-hydrogen) atoms. The fourth-order valence-corrected chi connectivity index (χ4v) is 3.72. The molecular weight excluding hydrogens is 344 g/mol. The fourth-order valence-electron chi connectivity index (χ4n) is 3.72. The number of carbonyl (C=O) groups is 2. The molecule has 0 spiro atoms. The lowest BCUT2D eigenvalue weighted by Crippen LogP contribution is -2.35. The van der Waals surface area contributed by atoms with Crippen molar-refractivity contribution in [2.24, 2.45) is 17.8 Å². The molecule has 1 N–H and O–H groups in total. The molecule has 1 aromatic rings. The molecular formula is C21H30N2O4. The highest BCUT2D eigenvalue weighted by Crippen LogP contribution is 2.36. The van der Waals surface area contributed by atoms with Crippen LogP contribution in [0.2, 0.25) is 0 Å². The number of amides is 2. The van der Waals surface area contributed by atoms with Crippen molar-refractivity contribution >= 4 is 11.8 Å². The number of benzene rings is 1. The van der Waals surface area contributed by atoms with Crippen molar-refractivity contribution in [3.05, 3.63) is 23.8 Å². The molecule has 2 amide bonds. The van der Waals surface area contributed by atoms with Gasteiger partial charge in [0.15, 0.2) is 11.5 Å². The zero-order valence-corrected chi connectivity index (χ0v) is 16.5. The molecule has 1 saturated carbocycles. The molecule has 6 nitrogen and oxygen atoms in total. The molecule has 1 aromatic carbocycles.